The zero-order valence-electron chi connectivity index (χ0n) is 13.7. The van der Waals surface area contributed by atoms with E-state index in [0.29, 0.717) is 0 Å². The molecule has 0 aliphatic carbocycles. The van der Waals surface area contributed by atoms with Crippen LogP contribution in [0.5, 0.6) is 0 Å². The first kappa shape index (κ1) is 15.8. The molecular weight excluding hydrogens is 258 g/mol. The summed E-state index contributed by atoms with van der Waals surface area (Å²) in [6, 6.07) is 6.71. The molecule has 0 unspecified atom stereocenters. The van der Waals surface area contributed by atoms with Gasteiger partial charge in [-0.25, -0.2) is 0 Å². The average Bonchev–Trinajstić information content (AvgIpc) is 2.82. The van der Waals surface area contributed by atoms with E-state index in [9.17, 15) is 0 Å². The molecule has 3 heteroatoms. The van der Waals surface area contributed by atoms with Gasteiger partial charge in [-0.1, -0.05) is 37.6 Å². The third-order valence-electron chi connectivity index (χ3n) is 3.70. The molecule has 21 heavy (non-hydrogen) atoms. The van der Waals surface area contributed by atoms with Crippen molar-refractivity contribution in [2.24, 2.45) is 0 Å². The second kappa shape index (κ2) is 7.41. The summed E-state index contributed by atoms with van der Waals surface area (Å²) < 4.78 is 2.07. The lowest BCUT2D eigenvalue weighted by atomic mass is 9.98. The van der Waals surface area contributed by atoms with Crippen molar-refractivity contribution < 1.29 is 0 Å². The summed E-state index contributed by atoms with van der Waals surface area (Å²) in [7, 11) is 0. The van der Waals surface area contributed by atoms with Crippen molar-refractivity contribution in [3.05, 3.63) is 41.2 Å². The first-order valence-corrected chi connectivity index (χ1v) is 8.00. The molecule has 0 saturated carbocycles. The van der Waals surface area contributed by atoms with Crippen molar-refractivity contribution in [2.45, 2.75) is 53.6 Å². The molecule has 2 aromatic rings. The second-order valence-electron chi connectivity index (χ2n) is 5.73. The molecule has 0 fully saturated rings. The Morgan fingerprint density at radius 2 is 1.90 bits per heavy atom. The molecule has 3 nitrogen and oxygen atoms in total. The standard InChI is InChI=1S/C18H27N3/c1-5-9-19-12-16-8-7-14(3)11-17(16)18-13-21(10-6-2)20-15(18)4/h7-8,11,13,19H,5-6,9-10,12H2,1-4H3. The molecule has 1 N–H and O–H groups in total. The molecule has 114 valence electrons. The minimum atomic E-state index is 0.919. The highest BCUT2D eigenvalue weighted by atomic mass is 15.3. The van der Waals surface area contributed by atoms with E-state index in [-0.39, 0.29) is 0 Å². The maximum Gasteiger partial charge on any atom is 0.0672 e. The smallest absolute Gasteiger partial charge is 0.0672 e. The van der Waals surface area contributed by atoms with Crippen molar-refractivity contribution >= 4 is 0 Å². The molecule has 0 spiro atoms. The molecule has 1 heterocycles. The van der Waals surface area contributed by atoms with Crippen LogP contribution in [0.2, 0.25) is 0 Å². The third-order valence-corrected chi connectivity index (χ3v) is 3.70. The third kappa shape index (κ3) is 3.94. The van der Waals surface area contributed by atoms with Gasteiger partial charge in [0.1, 0.15) is 0 Å². The Kier molecular flexibility index (Phi) is 5.57. The van der Waals surface area contributed by atoms with Crippen molar-refractivity contribution in [3.8, 4) is 11.1 Å². The van der Waals surface area contributed by atoms with Crippen LogP contribution in [0.3, 0.4) is 0 Å². The summed E-state index contributed by atoms with van der Waals surface area (Å²) in [6.45, 7) is 11.6. The first-order valence-electron chi connectivity index (χ1n) is 8.00. The maximum atomic E-state index is 4.64. The van der Waals surface area contributed by atoms with Crippen LogP contribution >= 0.6 is 0 Å². The summed E-state index contributed by atoms with van der Waals surface area (Å²) >= 11 is 0. The number of rotatable bonds is 7. The average molecular weight is 285 g/mol. The van der Waals surface area contributed by atoms with Gasteiger partial charge in [-0.05, 0) is 44.4 Å². The molecule has 0 amide bonds. The lowest BCUT2D eigenvalue weighted by Gasteiger charge is -2.11. The van der Waals surface area contributed by atoms with E-state index in [0.717, 1.165) is 38.2 Å². The second-order valence-corrected chi connectivity index (χ2v) is 5.73. The first-order chi connectivity index (χ1) is 10.2. The predicted molar refractivity (Wildman–Crippen MR) is 89.4 cm³/mol. The van der Waals surface area contributed by atoms with Gasteiger partial charge >= 0.3 is 0 Å². The van der Waals surface area contributed by atoms with Gasteiger partial charge in [-0.3, -0.25) is 4.68 Å². The number of aryl methyl sites for hydroxylation is 3. The van der Waals surface area contributed by atoms with Crippen LogP contribution in [-0.4, -0.2) is 16.3 Å². The Labute approximate surface area is 128 Å². The molecule has 0 aliphatic rings. The highest BCUT2D eigenvalue weighted by molar-refractivity contribution is 5.69. The number of nitrogens with one attached hydrogen (secondary N) is 1. The van der Waals surface area contributed by atoms with Crippen molar-refractivity contribution in [1.29, 1.82) is 0 Å². The molecule has 0 saturated heterocycles. The van der Waals surface area contributed by atoms with Gasteiger partial charge < -0.3 is 5.32 Å². The van der Waals surface area contributed by atoms with E-state index in [1.54, 1.807) is 0 Å². The van der Waals surface area contributed by atoms with E-state index >= 15 is 0 Å². The number of hydrogen-bond donors (Lipinski definition) is 1. The Morgan fingerprint density at radius 3 is 2.62 bits per heavy atom. The fraction of sp³-hybridized carbons (Fsp3) is 0.500. The quantitative estimate of drug-likeness (QED) is 0.777. The zero-order chi connectivity index (χ0) is 15.2. The Balaban J connectivity index is 2.34. The Hall–Kier alpha value is -1.61. The predicted octanol–water partition coefficient (Wildman–Crippen LogP) is 4.08. The fourth-order valence-electron chi connectivity index (χ4n) is 2.62. The summed E-state index contributed by atoms with van der Waals surface area (Å²) in [6.07, 6.45) is 4.46. The number of nitrogens with zero attached hydrogens (tertiary/aromatic N) is 2. The van der Waals surface area contributed by atoms with Gasteiger partial charge in [0, 0.05) is 24.8 Å². The Bertz CT molecular complexity index is 584. The molecule has 0 radical (unpaired) electrons. The van der Waals surface area contributed by atoms with E-state index in [1.165, 1.54) is 22.3 Å². The van der Waals surface area contributed by atoms with Gasteiger partial charge in [0.05, 0.1) is 5.69 Å². The van der Waals surface area contributed by atoms with Gasteiger partial charge in [0.2, 0.25) is 0 Å². The molecule has 0 atom stereocenters. The molecular formula is C18H27N3. The SMILES string of the molecule is CCCNCc1ccc(C)cc1-c1cn(CCC)nc1C. The van der Waals surface area contributed by atoms with Crippen LogP contribution in [0.1, 0.15) is 43.5 Å². The molecule has 0 bridgehead atoms. The largest absolute Gasteiger partial charge is 0.313 e. The van der Waals surface area contributed by atoms with E-state index < -0.39 is 0 Å². The molecule has 2 rings (SSSR count). The summed E-state index contributed by atoms with van der Waals surface area (Å²) in [4.78, 5) is 0. The van der Waals surface area contributed by atoms with Crippen LogP contribution in [0.25, 0.3) is 11.1 Å². The lowest BCUT2D eigenvalue weighted by Crippen LogP contribution is -2.14. The van der Waals surface area contributed by atoms with Gasteiger partial charge in [-0.2, -0.15) is 5.10 Å². The minimum Gasteiger partial charge on any atom is -0.313 e. The lowest BCUT2D eigenvalue weighted by molar-refractivity contribution is 0.598. The topological polar surface area (TPSA) is 29.9 Å². The van der Waals surface area contributed by atoms with Gasteiger partial charge in [-0.15, -0.1) is 0 Å². The number of hydrogen-bond acceptors (Lipinski definition) is 2. The van der Waals surface area contributed by atoms with E-state index in [1.807, 2.05) is 0 Å². The van der Waals surface area contributed by atoms with Gasteiger partial charge in [0.25, 0.3) is 0 Å². The minimum absolute atomic E-state index is 0.919. The highest BCUT2D eigenvalue weighted by Gasteiger charge is 2.11. The van der Waals surface area contributed by atoms with Crippen molar-refractivity contribution in [3.63, 3.8) is 0 Å². The van der Waals surface area contributed by atoms with Crippen LogP contribution in [0, 0.1) is 13.8 Å². The highest BCUT2D eigenvalue weighted by Crippen LogP contribution is 2.27. The van der Waals surface area contributed by atoms with E-state index in [4.69, 9.17) is 0 Å². The van der Waals surface area contributed by atoms with Crippen LogP contribution in [-0.2, 0) is 13.1 Å². The Morgan fingerprint density at radius 1 is 1.10 bits per heavy atom. The molecule has 1 aromatic carbocycles. The number of aromatic nitrogens is 2. The van der Waals surface area contributed by atoms with Crippen molar-refractivity contribution in [2.75, 3.05) is 6.54 Å². The molecule has 0 aliphatic heterocycles. The fourth-order valence-corrected chi connectivity index (χ4v) is 2.62. The summed E-state index contributed by atoms with van der Waals surface area (Å²) in [5.74, 6) is 0. The summed E-state index contributed by atoms with van der Waals surface area (Å²) in [5, 5.41) is 8.15. The number of benzene rings is 1. The normalized spacial score (nSPS) is 11.0. The van der Waals surface area contributed by atoms with Crippen LogP contribution in [0.15, 0.2) is 24.4 Å². The van der Waals surface area contributed by atoms with E-state index in [2.05, 4.69) is 67.2 Å². The van der Waals surface area contributed by atoms with Crippen LogP contribution < -0.4 is 5.32 Å². The monoisotopic (exact) mass is 285 g/mol. The van der Waals surface area contributed by atoms with Gasteiger partial charge in [0.15, 0.2) is 0 Å². The van der Waals surface area contributed by atoms with Crippen LogP contribution in [0.4, 0.5) is 0 Å². The van der Waals surface area contributed by atoms with Crippen molar-refractivity contribution in [1.82, 2.24) is 15.1 Å². The zero-order valence-corrected chi connectivity index (χ0v) is 13.7. The summed E-state index contributed by atoms with van der Waals surface area (Å²) in [5.41, 5.74) is 6.35. The maximum absolute atomic E-state index is 4.64. The molecule has 1 aromatic heterocycles.